The molecule has 2 heteroatoms. The third-order valence-electron chi connectivity index (χ3n) is 1.98. The largest absolute Gasteiger partial charge is 0.377 e. The van der Waals surface area contributed by atoms with Crippen molar-refractivity contribution in [3.05, 3.63) is 41.7 Å². The highest BCUT2D eigenvalue weighted by molar-refractivity contribution is 5.37. The van der Waals surface area contributed by atoms with Crippen LogP contribution in [0.4, 0.5) is 0 Å². The lowest BCUT2D eigenvalue weighted by Gasteiger charge is -2.07. The number of ether oxygens (including phenoxy) is 1. The van der Waals surface area contributed by atoms with Crippen molar-refractivity contribution in [2.45, 2.75) is 6.42 Å². The fourth-order valence-corrected chi connectivity index (χ4v) is 1.22. The van der Waals surface area contributed by atoms with E-state index in [9.17, 15) is 0 Å². The van der Waals surface area contributed by atoms with E-state index in [1.54, 1.807) is 6.20 Å². The zero-order valence-electron chi connectivity index (χ0n) is 7.86. The molecular formula is C12H11NO. The van der Waals surface area contributed by atoms with Gasteiger partial charge in [-0.15, -0.1) is 0 Å². The molecule has 2 heterocycles. The van der Waals surface area contributed by atoms with E-state index in [1.807, 2.05) is 24.3 Å². The summed E-state index contributed by atoms with van der Waals surface area (Å²) in [6, 6.07) is 5.74. The van der Waals surface area contributed by atoms with Crippen LogP contribution in [0.1, 0.15) is 12.1 Å². The third kappa shape index (κ3) is 2.45. The Morgan fingerprint density at radius 2 is 2.29 bits per heavy atom. The Labute approximate surface area is 83.6 Å². The van der Waals surface area contributed by atoms with Crippen LogP contribution in [-0.4, -0.2) is 18.2 Å². The van der Waals surface area contributed by atoms with Crippen molar-refractivity contribution >= 4 is 0 Å². The highest BCUT2D eigenvalue weighted by Crippen LogP contribution is 2.05. The standard InChI is InChI=1S/C12H11NO/c1-2-8-13-12(3-1)5-4-11-6-9-14-10-7-11/h1-3,6,8H,7,9-10H2. The van der Waals surface area contributed by atoms with Gasteiger partial charge in [0.1, 0.15) is 5.69 Å². The minimum absolute atomic E-state index is 0.687. The van der Waals surface area contributed by atoms with Gasteiger partial charge in [-0.2, -0.15) is 0 Å². The number of hydrogen-bond donors (Lipinski definition) is 0. The molecule has 2 rings (SSSR count). The van der Waals surface area contributed by atoms with Crippen molar-refractivity contribution in [1.82, 2.24) is 4.98 Å². The van der Waals surface area contributed by atoms with E-state index in [-0.39, 0.29) is 0 Å². The number of aromatic nitrogens is 1. The predicted octanol–water partition coefficient (Wildman–Crippen LogP) is 1.78. The molecule has 1 aliphatic rings. The minimum Gasteiger partial charge on any atom is -0.377 e. The summed E-state index contributed by atoms with van der Waals surface area (Å²) in [4.78, 5) is 4.13. The molecule has 1 aliphatic heterocycles. The summed E-state index contributed by atoms with van der Waals surface area (Å²) in [6.07, 6.45) is 4.70. The number of rotatable bonds is 0. The Hall–Kier alpha value is -1.59. The Morgan fingerprint density at radius 3 is 3.00 bits per heavy atom. The molecule has 0 unspecified atom stereocenters. The van der Waals surface area contributed by atoms with Crippen LogP contribution in [0.25, 0.3) is 0 Å². The second kappa shape index (κ2) is 4.59. The lowest BCUT2D eigenvalue weighted by atomic mass is 10.1. The summed E-state index contributed by atoms with van der Waals surface area (Å²) in [7, 11) is 0. The van der Waals surface area contributed by atoms with Crippen molar-refractivity contribution in [3.8, 4) is 11.8 Å². The first kappa shape index (κ1) is 8.98. The molecule has 0 spiro atoms. The van der Waals surface area contributed by atoms with Crippen LogP contribution in [0.2, 0.25) is 0 Å². The molecule has 0 saturated carbocycles. The quantitative estimate of drug-likeness (QED) is 0.575. The third-order valence-corrected chi connectivity index (χ3v) is 1.98. The van der Waals surface area contributed by atoms with Gasteiger partial charge in [0.2, 0.25) is 0 Å². The van der Waals surface area contributed by atoms with Gasteiger partial charge in [-0.3, -0.25) is 0 Å². The van der Waals surface area contributed by atoms with Gasteiger partial charge in [-0.25, -0.2) is 4.98 Å². The lowest BCUT2D eigenvalue weighted by molar-refractivity contribution is 0.156. The normalized spacial score (nSPS) is 15.3. The maximum atomic E-state index is 5.19. The first-order valence-electron chi connectivity index (χ1n) is 4.65. The monoisotopic (exact) mass is 185 g/mol. The van der Waals surface area contributed by atoms with Crippen LogP contribution in [0, 0.1) is 11.8 Å². The van der Waals surface area contributed by atoms with Crippen LogP contribution in [0.3, 0.4) is 0 Å². The molecule has 0 atom stereocenters. The van der Waals surface area contributed by atoms with E-state index < -0.39 is 0 Å². The molecule has 0 amide bonds. The van der Waals surface area contributed by atoms with Gasteiger partial charge >= 0.3 is 0 Å². The Morgan fingerprint density at radius 1 is 1.29 bits per heavy atom. The number of pyridine rings is 1. The average molecular weight is 185 g/mol. The van der Waals surface area contributed by atoms with E-state index in [1.165, 1.54) is 0 Å². The molecule has 0 aliphatic carbocycles. The van der Waals surface area contributed by atoms with E-state index in [0.717, 1.165) is 24.3 Å². The molecule has 2 nitrogen and oxygen atoms in total. The molecular weight excluding hydrogens is 174 g/mol. The van der Waals surface area contributed by atoms with Gasteiger partial charge in [-0.1, -0.05) is 12.0 Å². The van der Waals surface area contributed by atoms with Gasteiger partial charge in [0.25, 0.3) is 0 Å². The first-order valence-corrected chi connectivity index (χ1v) is 4.65. The zero-order valence-corrected chi connectivity index (χ0v) is 7.86. The average Bonchev–Trinajstić information content (AvgIpc) is 2.29. The van der Waals surface area contributed by atoms with Crippen molar-refractivity contribution in [2.75, 3.05) is 13.2 Å². The van der Waals surface area contributed by atoms with Gasteiger partial charge in [-0.05, 0) is 24.1 Å². The molecule has 0 fully saturated rings. The zero-order chi connectivity index (χ0) is 9.64. The molecule has 0 N–H and O–H groups in total. The molecule has 14 heavy (non-hydrogen) atoms. The second-order valence-electron chi connectivity index (χ2n) is 3.02. The van der Waals surface area contributed by atoms with Gasteiger partial charge in [0.15, 0.2) is 0 Å². The van der Waals surface area contributed by atoms with Gasteiger partial charge in [0, 0.05) is 18.2 Å². The summed E-state index contributed by atoms with van der Waals surface area (Å²) in [5.74, 6) is 6.14. The van der Waals surface area contributed by atoms with Crippen LogP contribution >= 0.6 is 0 Å². The SMILES string of the molecule is C(#Cc1ccccn1)C1=CCOCC1. The summed E-state index contributed by atoms with van der Waals surface area (Å²) in [5, 5.41) is 0. The van der Waals surface area contributed by atoms with Crippen LogP contribution in [-0.2, 0) is 4.74 Å². The van der Waals surface area contributed by atoms with E-state index in [2.05, 4.69) is 16.8 Å². The maximum absolute atomic E-state index is 5.19. The summed E-state index contributed by atoms with van der Waals surface area (Å²) in [5.41, 5.74) is 1.97. The molecule has 1 aromatic rings. The first-order chi connectivity index (χ1) is 6.95. The smallest absolute Gasteiger partial charge is 0.113 e. The fourth-order valence-electron chi connectivity index (χ4n) is 1.22. The van der Waals surface area contributed by atoms with Crippen LogP contribution in [0.15, 0.2) is 36.0 Å². The van der Waals surface area contributed by atoms with Crippen molar-refractivity contribution in [2.24, 2.45) is 0 Å². The Kier molecular flexibility index (Phi) is 2.95. The van der Waals surface area contributed by atoms with Gasteiger partial charge in [0.05, 0.1) is 13.2 Å². The Balaban J connectivity index is 2.10. The molecule has 1 aromatic heterocycles. The van der Waals surface area contributed by atoms with Gasteiger partial charge < -0.3 is 4.74 Å². The molecule has 0 radical (unpaired) electrons. The molecule has 0 saturated heterocycles. The highest BCUT2D eigenvalue weighted by atomic mass is 16.5. The van der Waals surface area contributed by atoms with E-state index in [4.69, 9.17) is 4.74 Å². The molecule has 0 bridgehead atoms. The summed E-state index contributed by atoms with van der Waals surface area (Å²) >= 11 is 0. The van der Waals surface area contributed by atoms with Crippen molar-refractivity contribution in [1.29, 1.82) is 0 Å². The fraction of sp³-hybridized carbons (Fsp3) is 0.250. The number of hydrogen-bond acceptors (Lipinski definition) is 2. The molecule has 70 valence electrons. The summed E-state index contributed by atoms with van der Waals surface area (Å²) in [6.45, 7) is 1.47. The topological polar surface area (TPSA) is 22.1 Å². The Bertz CT molecular complexity index is 384. The molecule has 0 aromatic carbocycles. The summed E-state index contributed by atoms with van der Waals surface area (Å²) < 4.78 is 5.19. The van der Waals surface area contributed by atoms with Crippen molar-refractivity contribution in [3.63, 3.8) is 0 Å². The predicted molar refractivity (Wildman–Crippen MR) is 54.6 cm³/mol. The highest BCUT2D eigenvalue weighted by Gasteiger charge is 1.99. The second-order valence-corrected chi connectivity index (χ2v) is 3.02. The minimum atomic E-state index is 0.687. The van der Waals surface area contributed by atoms with E-state index in [0.29, 0.717) is 6.61 Å². The van der Waals surface area contributed by atoms with E-state index >= 15 is 0 Å². The maximum Gasteiger partial charge on any atom is 0.113 e. The van der Waals surface area contributed by atoms with Crippen molar-refractivity contribution < 1.29 is 4.74 Å². The van der Waals surface area contributed by atoms with Crippen LogP contribution in [0.5, 0.6) is 0 Å². The number of nitrogens with zero attached hydrogens (tertiary/aromatic N) is 1. The lowest BCUT2D eigenvalue weighted by Crippen LogP contribution is -2.02. The van der Waals surface area contributed by atoms with Crippen LogP contribution < -0.4 is 0 Å².